The minimum absolute atomic E-state index is 0.282. The number of aryl methyl sites for hydroxylation is 1. The second-order valence-corrected chi connectivity index (χ2v) is 10.1. The van der Waals surface area contributed by atoms with Gasteiger partial charge in [0.15, 0.2) is 0 Å². The van der Waals surface area contributed by atoms with Gasteiger partial charge in [-0.1, -0.05) is 36.4 Å². The fourth-order valence-corrected chi connectivity index (χ4v) is 4.31. The molecule has 2 aromatic rings. The van der Waals surface area contributed by atoms with Crippen LogP contribution in [0.2, 0.25) is 0 Å². The molecular weight excluding hydrogens is 456 g/mol. The monoisotopic (exact) mass is 496 g/mol. The molecule has 7 nitrogen and oxygen atoms in total. The number of nitrogens with one attached hydrogen (secondary N) is 2. The highest BCUT2D eigenvalue weighted by Crippen LogP contribution is 2.33. The molecule has 2 aromatic carbocycles. The van der Waals surface area contributed by atoms with Crippen LogP contribution in [0.5, 0.6) is 5.75 Å². The maximum Gasteiger partial charge on any atom is 0.407 e. The standard InChI is InChI=1S/C29H40N2O5/c1-29(2,3)36-28(33)31-19-20-34-26-17-16-23(24-14-7-8-15-25(24)26)13-9-10-18-30-27(32)35-21-22-11-5-4-6-12-22/h4-6,11-12,16-17H,7-10,13-15,18-21H2,1-3H3,(H,30,32)(H,31,33). The SMILES string of the molecule is CC(C)(C)OC(=O)NCCOc1ccc(CCCCNC(=O)OCc2ccccc2)c2c1CCCC2. The average molecular weight is 497 g/mol. The fraction of sp³-hybridized carbons (Fsp3) is 0.517. The van der Waals surface area contributed by atoms with Crippen molar-refractivity contribution in [2.24, 2.45) is 0 Å². The maximum atomic E-state index is 11.9. The molecule has 0 saturated carbocycles. The van der Waals surface area contributed by atoms with Gasteiger partial charge in [-0.3, -0.25) is 0 Å². The molecule has 1 aliphatic rings. The Morgan fingerprint density at radius 3 is 2.33 bits per heavy atom. The van der Waals surface area contributed by atoms with E-state index in [0.29, 0.717) is 19.7 Å². The van der Waals surface area contributed by atoms with Crippen molar-refractivity contribution >= 4 is 12.2 Å². The van der Waals surface area contributed by atoms with Gasteiger partial charge in [-0.25, -0.2) is 9.59 Å². The van der Waals surface area contributed by atoms with E-state index >= 15 is 0 Å². The summed E-state index contributed by atoms with van der Waals surface area (Å²) in [5.41, 5.74) is 4.55. The van der Waals surface area contributed by atoms with Crippen molar-refractivity contribution in [3.05, 3.63) is 64.7 Å². The Hall–Kier alpha value is -3.22. The summed E-state index contributed by atoms with van der Waals surface area (Å²) in [4.78, 5) is 23.7. The molecule has 0 unspecified atom stereocenters. The number of ether oxygens (including phenoxy) is 3. The van der Waals surface area contributed by atoms with Crippen molar-refractivity contribution in [3.8, 4) is 5.75 Å². The summed E-state index contributed by atoms with van der Waals surface area (Å²) in [6.07, 6.45) is 6.51. The van der Waals surface area contributed by atoms with Crippen LogP contribution in [0.1, 0.15) is 68.7 Å². The van der Waals surface area contributed by atoms with Gasteiger partial charge < -0.3 is 24.8 Å². The third-order valence-electron chi connectivity index (χ3n) is 5.97. The zero-order valence-electron chi connectivity index (χ0n) is 21.9. The van der Waals surface area contributed by atoms with Crippen molar-refractivity contribution in [3.63, 3.8) is 0 Å². The van der Waals surface area contributed by atoms with Crippen LogP contribution in [-0.2, 0) is 35.3 Å². The number of carbonyl (C=O) groups is 2. The summed E-state index contributed by atoms with van der Waals surface area (Å²) >= 11 is 0. The van der Waals surface area contributed by atoms with E-state index in [1.165, 1.54) is 23.1 Å². The molecule has 2 amide bonds. The van der Waals surface area contributed by atoms with E-state index in [2.05, 4.69) is 22.8 Å². The van der Waals surface area contributed by atoms with Gasteiger partial charge >= 0.3 is 12.2 Å². The third kappa shape index (κ3) is 9.44. The number of rotatable bonds is 11. The van der Waals surface area contributed by atoms with Crippen molar-refractivity contribution < 1.29 is 23.8 Å². The molecule has 0 radical (unpaired) electrons. The molecule has 7 heteroatoms. The second kappa shape index (κ2) is 13.8. The lowest BCUT2D eigenvalue weighted by atomic mass is 9.86. The molecule has 2 N–H and O–H groups in total. The third-order valence-corrected chi connectivity index (χ3v) is 5.97. The fourth-order valence-electron chi connectivity index (χ4n) is 4.31. The molecule has 36 heavy (non-hydrogen) atoms. The molecule has 0 fully saturated rings. The minimum Gasteiger partial charge on any atom is -0.491 e. The van der Waals surface area contributed by atoms with Gasteiger partial charge in [0.1, 0.15) is 24.6 Å². The number of amides is 2. The molecule has 3 rings (SSSR count). The summed E-state index contributed by atoms with van der Waals surface area (Å²) < 4.78 is 16.6. The molecule has 0 saturated heterocycles. The Kier molecular flexibility index (Phi) is 10.5. The quantitative estimate of drug-likeness (QED) is 0.389. The number of fused-ring (bicyclic) bond motifs is 1. The van der Waals surface area contributed by atoms with Gasteiger partial charge in [-0.2, -0.15) is 0 Å². The number of carbonyl (C=O) groups excluding carboxylic acids is 2. The number of unbranched alkanes of at least 4 members (excludes halogenated alkanes) is 1. The summed E-state index contributed by atoms with van der Waals surface area (Å²) in [6, 6.07) is 13.9. The Morgan fingerprint density at radius 1 is 0.861 bits per heavy atom. The maximum absolute atomic E-state index is 11.9. The number of benzene rings is 2. The lowest BCUT2D eigenvalue weighted by molar-refractivity contribution is 0.0520. The van der Waals surface area contributed by atoms with Gasteiger partial charge in [0, 0.05) is 6.54 Å². The molecule has 0 atom stereocenters. The zero-order chi connectivity index (χ0) is 25.8. The van der Waals surface area contributed by atoms with Crippen molar-refractivity contribution in [1.29, 1.82) is 0 Å². The second-order valence-electron chi connectivity index (χ2n) is 10.1. The van der Waals surface area contributed by atoms with E-state index in [1.807, 2.05) is 51.1 Å². The summed E-state index contributed by atoms with van der Waals surface area (Å²) in [6.45, 7) is 7.20. The first-order valence-corrected chi connectivity index (χ1v) is 13.0. The molecule has 0 aromatic heterocycles. The number of alkyl carbamates (subject to hydrolysis) is 2. The minimum atomic E-state index is -0.512. The van der Waals surface area contributed by atoms with Crippen LogP contribution in [0.15, 0.2) is 42.5 Å². The smallest absolute Gasteiger partial charge is 0.407 e. The van der Waals surface area contributed by atoms with Crippen LogP contribution in [0.3, 0.4) is 0 Å². The Bertz CT molecular complexity index is 985. The first-order valence-electron chi connectivity index (χ1n) is 13.0. The summed E-state index contributed by atoms with van der Waals surface area (Å²) in [5, 5.41) is 5.58. The summed E-state index contributed by atoms with van der Waals surface area (Å²) in [5.74, 6) is 0.919. The molecule has 0 heterocycles. The van der Waals surface area contributed by atoms with Crippen LogP contribution >= 0.6 is 0 Å². The lowest BCUT2D eigenvalue weighted by Crippen LogP contribution is -2.34. The van der Waals surface area contributed by atoms with Gasteiger partial charge in [-0.15, -0.1) is 0 Å². The highest BCUT2D eigenvalue weighted by Gasteiger charge is 2.19. The molecule has 0 aliphatic heterocycles. The van der Waals surface area contributed by atoms with Gasteiger partial charge in [0.2, 0.25) is 0 Å². The Balaban J connectivity index is 1.39. The first-order chi connectivity index (χ1) is 17.3. The molecular formula is C29H40N2O5. The van der Waals surface area contributed by atoms with E-state index in [-0.39, 0.29) is 12.7 Å². The largest absolute Gasteiger partial charge is 0.491 e. The van der Waals surface area contributed by atoms with E-state index < -0.39 is 11.7 Å². The zero-order valence-corrected chi connectivity index (χ0v) is 21.9. The van der Waals surface area contributed by atoms with Crippen molar-refractivity contribution in [1.82, 2.24) is 10.6 Å². The van der Waals surface area contributed by atoms with Crippen molar-refractivity contribution in [2.75, 3.05) is 19.7 Å². The van der Waals surface area contributed by atoms with E-state index in [4.69, 9.17) is 14.2 Å². The van der Waals surface area contributed by atoms with Crippen LogP contribution in [0.25, 0.3) is 0 Å². The predicted octanol–water partition coefficient (Wildman–Crippen LogP) is 5.72. The Labute approximate surface area is 214 Å². The molecule has 196 valence electrons. The number of hydrogen-bond acceptors (Lipinski definition) is 5. The highest BCUT2D eigenvalue weighted by molar-refractivity contribution is 5.67. The first kappa shape index (κ1) is 27.4. The summed E-state index contributed by atoms with van der Waals surface area (Å²) in [7, 11) is 0. The highest BCUT2D eigenvalue weighted by atomic mass is 16.6. The van der Waals surface area contributed by atoms with E-state index in [9.17, 15) is 9.59 Å². The van der Waals surface area contributed by atoms with Crippen LogP contribution in [-0.4, -0.2) is 37.5 Å². The molecule has 0 bridgehead atoms. The number of hydrogen-bond donors (Lipinski definition) is 2. The molecule has 0 spiro atoms. The normalized spacial score (nSPS) is 12.9. The lowest BCUT2D eigenvalue weighted by Gasteiger charge is -2.23. The molecule has 1 aliphatic carbocycles. The predicted molar refractivity (Wildman–Crippen MR) is 140 cm³/mol. The van der Waals surface area contributed by atoms with Gasteiger partial charge in [-0.05, 0) is 94.0 Å². The van der Waals surface area contributed by atoms with Crippen molar-refractivity contribution in [2.45, 2.75) is 77.9 Å². The van der Waals surface area contributed by atoms with Crippen LogP contribution in [0.4, 0.5) is 9.59 Å². The van der Waals surface area contributed by atoms with E-state index in [1.54, 1.807) is 0 Å². The van der Waals surface area contributed by atoms with E-state index in [0.717, 1.165) is 49.8 Å². The topological polar surface area (TPSA) is 85.9 Å². The van der Waals surface area contributed by atoms with Gasteiger partial charge in [0.25, 0.3) is 0 Å². The van der Waals surface area contributed by atoms with Gasteiger partial charge in [0.05, 0.1) is 6.54 Å². The van der Waals surface area contributed by atoms with Crippen LogP contribution < -0.4 is 15.4 Å². The average Bonchev–Trinajstić information content (AvgIpc) is 2.85. The van der Waals surface area contributed by atoms with Crippen LogP contribution in [0, 0.1) is 0 Å². The Morgan fingerprint density at radius 2 is 1.58 bits per heavy atom.